The van der Waals surface area contributed by atoms with Gasteiger partial charge >= 0.3 is 0 Å². The average Bonchev–Trinajstić information content (AvgIpc) is 2.75. The Bertz CT molecular complexity index is 292. The molecule has 0 aliphatic rings. The van der Waals surface area contributed by atoms with Gasteiger partial charge in [0.2, 0.25) is 0 Å². The van der Waals surface area contributed by atoms with Crippen LogP contribution in [0.1, 0.15) is 17.9 Å². The molecule has 0 amide bonds. The minimum absolute atomic E-state index is 0.890. The van der Waals surface area contributed by atoms with Crippen molar-refractivity contribution in [3.8, 4) is 0 Å². The third kappa shape index (κ3) is 2.18. The molecule has 0 aromatic carbocycles. The molecule has 0 bridgehead atoms. The number of aromatic nitrogens is 2. The maximum absolute atomic E-state index is 4.96. The molecule has 0 saturated heterocycles. The van der Waals surface area contributed by atoms with Crippen LogP contribution in [0.4, 0.5) is 0 Å². The number of hydrogen-bond donors (Lipinski definition) is 0. The van der Waals surface area contributed by atoms with Crippen molar-refractivity contribution >= 4 is 0 Å². The monoisotopic (exact) mass is 178 g/mol. The molecular weight excluding hydrogens is 168 g/mol. The van der Waals surface area contributed by atoms with Crippen molar-refractivity contribution in [3.63, 3.8) is 0 Å². The molecule has 2 heterocycles. The topological polar surface area (TPSA) is 52.1 Å². The third-order valence-electron chi connectivity index (χ3n) is 1.83. The zero-order valence-electron chi connectivity index (χ0n) is 7.14. The van der Waals surface area contributed by atoms with Gasteiger partial charge in [-0.3, -0.25) is 0 Å². The Morgan fingerprint density at radius 3 is 1.85 bits per heavy atom. The summed E-state index contributed by atoms with van der Waals surface area (Å²) in [5.41, 5.74) is 0. The van der Waals surface area contributed by atoms with Gasteiger partial charge in [-0.2, -0.15) is 0 Å². The van der Waals surface area contributed by atoms with Gasteiger partial charge in [-0.05, 0) is 6.42 Å². The molecular formula is C9H10N2O2. The summed E-state index contributed by atoms with van der Waals surface area (Å²) < 4.78 is 9.91. The van der Waals surface area contributed by atoms with Crippen LogP contribution in [0, 0.1) is 0 Å². The fourth-order valence-corrected chi connectivity index (χ4v) is 1.18. The second-order valence-electron chi connectivity index (χ2n) is 2.81. The molecule has 2 aromatic heterocycles. The van der Waals surface area contributed by atoms with Crippen LogP contribution in [0.25, 0.3) is 0 Å². The van der Waals surface area contributed by atoms with Crippen molar-refractivity contribution in [2.24, 2.45) is 0 Å². The van der Waals surface area contributed by atoms with Crippen LogP contribution in [-0.4, -0.2) is 10.3 Å². The van der Waals surface area contributed by atoms with Crippen LogP contribution in [0.15, 0.2) is 33.6 Å². The molecule has 0 atom stereocenters. The quantitative estimate of drug-likeness (QED) is 0.716. The molecule has 13 heavy (non-hydrogen) atoms. The van der Waals surface area contributed by atoms with Gasteiger partial charge in [0.1, 0.15) is 11.5 Å². The predicted octanol–water partition coefficient (Wildman–Crippen LogP) is 1.84. The number of hydrogen-bond acceptors (Lipinski definition) is 4. The second-order valence-corrected chi connectivity index (χ2v) is 2.81. The lowest BCUT2D eigenvalue weighted by atomic mass is 10.2. The first kappa shape index (κ1) is 8.04. The zero-order chi connectivity index (χ0) is 8.93. The van der Waals surface area contributed by atoms with Crippen LogP contribution >= 0.6 is 0 Å². The Labute approximate surface area is 75.5 Å². The van der Waals surface area contributed by atoms with Gasteiger partial charge in [-0.25, -0.2) is 0 Å². The van der Waals surface area contributed by atoms with Gasteiger partial charge in [0.15, 0.2) is 0 Å². The summed E-state index contributed by atoms with van der Waals surface area (Å²) in [5, 5.41) is 7.25. The van der Waals surface area contributed by atoms with Gasteiger partial charge < -0.3 is 9.05 Å². The molecule has 2 aromatic rings. The van der Waals surface area contributed by atoms with Gasteiger partial charge in [0, 0.05) is 25.0 Å². The van der Waals surface area contributed by atoms with Crippen molar-refractivity contribution in [3.05, 3.63) is 36.0 Å². The minimum Gasteiger partial charge on any atom is -0.361 e. The van der Waals surface area contributed by atoms with E-state index >= 15 is 0 Å². The molecule has 0 spiro atoms. The summed E-state index contributed by atoms with van der Waals surface area (Å²) in [6.45, 7) is 0. The lowest BCUT2D eigenvalue weighted by Gasteiger charge is -1.92. The van der Waals surface area contributed by atoms with Crippen molar-refractivity contribution < 1.29 is 9.05 Å². The maximum atomic E-state index is 4.96. The highest BCUT2D eigenvalue weighted by molar-refractivity contribution is 4.96. The van der Waals surface area contributed by atoms with Crippen molar-refractivity contribution in [1.29, 1.82) is 0 Å². The van der Waals surface area contributed by atoms with E-state index in [0.29, 0.717) is 0 Å². The fourth-order valence-electron chi connectivity index (χ4n) is 1.18. The highest BCUT2D eigenvalue weighted by Gasteiger charge is 2.00. The largest absolute Gasteiger partial charge is 0.361 e. The van der Waals surface area contributed by atoms with Crippen LogP contribution < -0.4 is 0 Å². The molecule has 0 radical (unpaired) electrons. The molecule has 0 fully saturated rings. The Morgan fingerprint density at radius 2 is 1.46 bits per heavy atom. The number of aryl methyl sites for hydroxylation is 2. The maximum Gasteiger partial charge on any atom is 0.136 e. The Hall–Kier alpha value is -1.58. The Kier molecular flexibility index (Phi) is 2.40. The molecule has 0 unspecified atom stereocenters. The minimum atomic E-state index is 0.890. The molecule has 68 valence electrons. The molecule has 4 nitrogen and oxygen atoms in total. The Morgan fingerprint density at radius 1 is 0.923 bits per heavy atom. The highest BCUT2D eigenvalue weighted by atomic mass is 16.5. The first-order valence-corrected chi connectivity index (χ1v) is 4.24. The van der Waals surface area contributed by atoms with Crippen LogP contribution in [-0.2, 0) is 12.8 Å². The lowest BCUT2D eigenvalue weighted by molar-refractivity contribution is 0.365. The molecule has 0 aliphatic carbocycles. The molecule has 0 N–H and O–H groups in total. The SMILES string of the molecule is c1cc(CCCc2ccno2)on1. The van der Waals surface area contributed by atoms with E-state index in [0.717, 1.165) is 30.8 Å². The number of rotatable bonds is 4. The van der Waals surface area contributed by atoms with Gasteiger partial charge in [0.25, 0.3) is 0 Å². The van der Waals surface area contributed by atoms with Crippen molar-refractivity contribution in [2.75, 3.05) is 0 Å². The predicted molar refractivity (Wildman–Crippen MR) is 45.0 cm³/mol. The summed E-state index contributed by atoms with van der Waals surface area (Å²) >= 11 is 0. The van der Waals surface area contributed by atoms with E-state index in [-0.39, 0.29) is 0 Å². The average molecular weight is 178 g/mol. The molecule has 0 aliphatic heterocycles. The van der Waals surface area contributed by atoms with Crippen LogP contribution in [0.2, 0.25) is 0 Å². The van der Waals surface area contributed by atoms with Crippen molar-refractivity contribution in [2.45, 2.75) is 19.3 Å². The van der Waals surface area contributed by atoms with Gasteiger partial charge in [-0.1, -0.05) is 10.3 Å². The van der Waals surface area contributed by atoms with E-state index in [2.05, 4.69) is 10.3 Å². The summed E-state index contributed by atoms with van der Waals surface area (Å²) in [6.07, 6.45) is 6.08. The highest BCUT2D eigenvalue weighted by Crippen LogP contribution is 2.06. The van der Waals surface area contributed by atoms with Crippen molar-refractivity contribution in [1.82, 2.24) is 10.3 Å². The first-order chi connectivity index (χ1) is 6.45. The molecule has 0 saturated carbocycles. The lowest BCUT2D eigenvalue weighted by Crippen LogP contribution is -1.86. The summed E-state index contributed by atoms with van der Waals surface area (Å²) in [6, 6.07) is 3.75. The summed E-state index contributed by atoms with van der Waals surface area (Å²) in [5.74, 6) is 1.83. The number of nitrogens with zero attached hydrogens (tertiary/aromatic N) is 2. The summed E-state index contributed by atoms with van der Waals surface area (Å²) in [4.78, 5) is 0. The first-order valence-electron chi connectivity index (χ1n) is 4.24. The van der Waals surface area contributed by atoms with E-state index in [4.69, 9.17) is 9.05 Å². The van der Waals surface area contributed by atoms with E-state index < -0.39 is 0 Å². The third-order valence-corrected chi connectivity index (χ3v) is 1.83. The zero-order valence-corrected chi connectivity index (χ0v) is 7.14. The van der Waals surface area contributed by atoms with Gasteiger partial charge in [0.05, 0.1) is 12.4 Å². The standard InChI is InChI=1S/C9H10N2O2/c1(2-8-4-6-10-12-8)3-9-5-7-11-13-9/h4-7H,1-3H2. The van der Waals surface area contributed by atoms with E-state index in [1.54, 1.807) is 12.4 Å². The molecule has 4 heteroatoms. The van der Waals surface area contributed by atoms with E-state index in [1.165, 1.54) is 0 Å². The second kappa shape index (κ2) is 3.89. The summed E-state index contributed by atoms with van der Waals surface area (Å²) in [7, 11) is 0. The normalized spacial score (nSPS) is 10.5. The van der Waals surface area contributed by atoms with Gasteiger partial charge in [-0.15, -0.1) is 0 Å². The smallest absolute Gasteiger partial charge is 0.136 e. The van der Waals surface area contributed by atoms with E-state index in [1.807, 2.05) is 12.1 Å². The van der Waals surface area contributed by atoms with Crippen LogP contribution in [0.3, 0.4) is 0 Å². The Balaban J connectivity index is 1.76. The fraction of sp³-hybridized carbons (Fsp3) is 0.333. The molecule has 2 rings (SSSR count). The van der Waals surface area contributed by atoms with E-state index in [9.17, 15) is 0 Å². The van der Waals surface area contributed by atoms with Crippen LogP contribution in [0.5, 0.6) is 0 Å².